The van der Waals surface area contributed by atoms with Gasteiger partial charge in [-0.2, -0.15) is 18.2 Å². The Balaban J connectivity index is 1.26. The van der Waals surface area contributed by atoms with E-state index in [1.54, 1.807) is 49.4 Å². The number of benzene rings is 3. The summed E-state index contributed by atoms with van der Waals surface area (Å²) in [5.41, 5.74) is 2.69. The molecule has 0 atom stereocenters. The molecule has 17 heteroatoms. The van der Waals surface area contributed by atoms with Gasteiger partial charge in [-0.3, -0.25) is 9.69 Å². The maximum absolute atomic E-state index is 12.8. The highest BCUT2D eigenvalue weighted by Gasteiger charge is 2.33. The van der Waals surface area contributed by atoms with Crippen LogP contribution >= 0.6 is 11.8 Å². The minimum Gasteiger partial charge on any atom is -0.406 e. The number of nitrogens with zero attached hydrogens (tertiary/aromatic N) is 5. The molecule has 2 heterocycles. The number of thioether (sulfide) groups is 1. The normalized spacial score (nSPS) is 14.6. The van der Waals surface area contributed by atoms with Gasteiger partial charge in [0.25, 0.3) is 0 Å². The summed E-state index contributed by atoms with van der Waals surface area (Å²) in [6.07, 6.45) is -7.94. The highest BCUT2D eigenvalue weighted by molar-refractivity contribution is 8.15. The van der Waals surface area contributed by atoms with Crippen molar-refractivity contribution in [3.63, 3.8) is 0 Å². The first kappa shape index (κ1) is 32.5. The number of carbonyl (C=O) groups excluding carboxylic acids is 2. The number of nitrogens with one attached hydrogen (secondary N) is 1. The maximum atomic E-state index is 12.8. The Hall–Kier alpha value is -4.90. The first-order valence-electron chi connectivity index (χ1n) is 13.2. The Morgan fingerprint density at radius 2 is 1.74 bits per heavy atom. The molecule has 0 spiro atoms. The van der Waals surface area contributed by atoms with Crippen LogP contribution in [0.3, 0.4) is 0 Å². The van der Waals surface area contributed by atoms with Crippen LogP contribution in [0, 0.1) is 6.92 Å². The number of halogens is 6. The number of hydrogen-bond donors (Lipinski definition) is 1. The second-order valence-electron chi connectivity index (χ2n) is 9.71. The lowest BCUT2D eigenvalue weighted by atomic mass is 10.1. The lowest BCUT2D eigenvalue weighted by Gasteiger charge is -2.20. The molecule has 1 fully saturated rings. The van der Waals surface area contributed by atoms with Crippen molar-refractivity contribution >= 4 is 40.2 Å². The van der Waals surface area contributed by atoms with E-state index >= 15 is 0 Å². The lowest BCUT2D eigenvalue weighted by Crippen LogP contribution is -2.31. The van der Waals surface area contributed by atoms with Gasteiger partial charge in [0.05, 0.1) is 23.7 Å². The number of ether oxygens (including phenoxy) is 2. The van der Waals surface area contributed by atoms with E-state index in [1.165, 1.54) is 28.0 Å². The van der Waals surface area contributed by atoms with Crippen LogP contribution < -0.4 is 15.0 Å². The fraction of sp³-hybridized carbons (Fsp3) is 0.207. The van der Waals surface area contributed by atoms with E-state index in [-0.39, 0.29) is 22.4 Å². The number of rotatable bonds is 8. The summed E-state index contributed by atoms with van der Waals surface area (Å²) < 4.78 is 85.0. The number of aromatic nitrogens is 3. The maximum Gasteiger partial charge on any atom is 0.573 e. The molecule has 3 aromatic carbocycles. The summed E-state index contributed by atoms with van der Waals surface area (Å²) >= 11 is 1.01. The van der Waals surface area contributed by atoms with E-state index in [1.807, 2.05) is 0 Å². The summed E-state index contributed by atoms with van der Waals surface area (Å²) in [7, 11) is 0. The molecule has 1 aliphatic rings. The predicted molar refractivity (Wildman–Crippen MR) is 157 cm³/mol. The fourth-order valence-corrected chi connectivity index (χ4v) is 5.08. The van der Waals surface area contributed by atoms with Crippen LogP contribution in [0.4, 0.5) is 42.5 Å². The summed E-state index contributed by atoms with van der Waals surface area (Å²) in [5.74, 6) is -0.498. The molecule has 0 aliphatic carbocycles. The van der Waals surface area contributed by atoms with Crippen LogP contribution in [0.5, 0.6) is 5.75 Å². The quantitative estimate of drug-likeness (QED) is 0.204. The average molecular weight is 665 g/mol. The number of aryl methyl sites for hydroxylation is 1. The highest BCUT2D eigenvalue weighted by atomic mass is 32.2. The van der Waals surface area contributed by atoms with Crippen molar-refractivity contribution < 1.29 is 45.4 Å². The van der Waals surface area contributed by atoms with Gasteiger partial charge in [0, 0.05) is 16.8 Å². The van der Waals surface area contributed by atoms with Crippen molar-refractivity contribution in [1.29, 1.82) is 0 Å². The van der Waals surface area contributed by atoms with E-state index in [4.69, 9.17) is 4.74 Å². The Bertz CT molecular complexity index is 1760. The first-order valence-corrected chi connectivity index (χ1v) is 14.2. The molecule has 10 nitrogen and oxygen atoms in total. The number of amidine groups is 1. The fourth-order valence-electron chi connectivity index (χ4n) is 4.22. The molecule has 1 aromatic heterocycles. The molecular formula is C29H22F6N6O4S. The van der Waals surface area contributed by atoms with Gasteiger partial charge in [-0.15, -0.1) is 18.3 Å². The number of urea groups is 1. The van der Waals surface area contributed by atoms with Gasteiger partial charge >= 0.3 is 18.6 Å². The van der Waals surface area contributed by atoms with Gasteiger partial charge in [-0.05, 0) is 67.1 Å². The van der Waals surface area contributed by atoms with Crippen molar-refractivity contribution in [2.75, 3.05) is 22.6 Å². The van der Waals surface area contributed by atoms with E-state index in [0.717, 1.165) is 29.5 Å². The second kappa shape index (κ2) is 13.2. The lowest BCUT2D eigenvalue weighted by molar-refractivity contribution is -0.274. The molecule has 5 rings (SSSR count). The number of aliphatic imine (C=N–C) groups is 1. The summed E-state index contributed by atoms with van der Waals surface area (Å²) in [5, 5.41) is 6.98. The Labute approximate surface area is 261 Å². The SMILES string of the molecule is Cc1ccc(COCC(F)(F)F)c(N2C(=O)CSC2=NC(=O)Nc2ccc(-c3ncn(-c4ccc(OC(F)(F)F)cc4)n3)cc2)c1. The molecule has 0 unspecified atom stereocenters. The van der Waals surface area contributed by atoms with Crippen LogP contribution in [-0.4, -0.2) is 56.8 Å². The van der Waals surface area contributed by atoms with Crippen molar-refractivity contribution in [2.24, 2.45) is 4.99 Å². The molecular weight excluding hydrogens is 642 g/mol. The van der Waals surface area contributed by atoms with Gasteiger partial charge in [0.15, 0.2) is 11.0 Å². The third-order valence-electron chi connectivity index (χ3n) is 6.19. The molecule has 4 aromatic rings. The van der Waals surface area contributed by atoms with Crippen LogP contribution in [0.15, 0.2) is 78.0 Å². The first-order chi connectivity index (χ1) is 21.7. The van der Waals surface area contributed by atoms with Crippen LogP contribution in [0.25, 0.3) is 17.1 Å². The number of amides is 3. The summed E-state index contributed by atoms with van der Waals surface area (Å²) in [4.78, 5) is 35.0. The molecule has 1 N–H and O–H groups in total. The zero-order chi connectivity index (χ0) is 33.1. The van der Waals surface area contributed by atoms with E-state index < -0.39 is 37.7 Å². The minimum absolute atomic E-state index is 0.0251. The third kappa shape index (κ3) is 8.42. The highest BCUT2D eigenvalue weighted by Crippen LogP contribution is 2.32. The number of hydrogen-bond acceptors (Lipinski definition) is 7. The molecule has 46 heavy (non-hydrogen) atoms. The number of anilines is 2. The zero-order valence-electron chi connectivity index (χ0n) is 23.6. The van der Waals surface area contributed by atoms with Gasteiger partial charge in [0.1, 0.15) is 18.7 Å². The zero-order valence-corrected chi connectivity index (χ0v) is 24.4. The monoisotopic (exact) mass is 664 g/mol. The predicted octanol–water partition coefficient (Wildman–Crippen LogP) is 6.89. The van der Waals surface area contributed by atoms with E-state index in [9.17, 15) is 35.9 Å². The Morgan fingerprint density at radius 3 is 2.41 bits per heavy atom. The van der Waals surface area contributed by atoms with Crippen molar-refractivity contribution in [3.05, 3.63) is 84.2 Å². The van der Waals surface area contributed by atoms with Crippen molar-refractivity contribution in [1.82, 2.24) is 14.8 Å². The standard InChI is InChI=1S/C29H22F6N6O4S/c1-17-2-3-19(13-44-15-28(30,31)32)23(12-17)41-24(42)14-46-27(41)38-26(43)37-20-6-4-18(5-7-20)25-36-16-40(39-25)21-8-10-22(11-9-21)45-29(33,34)35/h2-12,16H,13-15H2,1H3,(H,37,43). The third-order valence-corrected chi connectivity index (χ3v) is 7.11. The largest absolute Gasteiger partial charge is 0.573 e. The molecule has 240 valence electrons. The number of carbonyl (C=O) groups is 2. The smallest absolute Gasteiger partial charge is 0.406 e. The Kier molecular flexibility index (Phi) is 9.34. The molecule has 0 bridgehead atoms. The van der Waals surface area contributed by atoms with E-state index in [0.29, 0.717) is 28.3 Å². The van der Waals surface area contributed by atoms with Gasteiger partial charge < -0.3 is 14.8 Å². The molecule has 1 saturated heterocycles. The van der Waals surface area contributed by atoms with Gasteiger partial charge in [0.2, 0.25) is 5.91 Å². The average Bonchev–Trinajstić information content (AvgIpc) is 3.60. The van der Waals surface area contributed by atoms with Crippen LogP contribution in [-0.2, 0) is 16.1 Å². The summed E-state index contributed by atoms with van der Waals surface area (Å²) in [6.45, 7) is -0.119. The van der Waals surface area contributed by atoms with Crippen molar-refractivity contribution in [3.8, 4) is 22.8 Å². The molecule has 1 aliphatic heterocycles. The van der Waals surface area contributed by atoms with Crippen LogP contribution in [0.1, 0.15) is 11.1 Å². The van der Waals surface area contributed by atoms with Crippen molar-refractivity contribution in [2.45, 2.75) is 26.1 Å². The Morgan fingerprint density at radius 1 is 1.02 bits per heavy atom. The summed E-state index contributed by atoms with van der Waals surface area (Å²) in [6, 6.07) is 15.5. The van der Waals surface area contributed by atoms with Gasteiger partial charge in [-0.1, -0.05) is 23.9 Å². The minimum atomic E-state index is -4.80. The van der Waals surface area contributed by atoms with Gasteiger partial charge in [-0.25, -0.2) is 14.5 Å². The molecule has 0 radical (unpaired) electrons. The molecule has 3 amide bonds. The second-order valence-corrected chi connectivity index (χ2v) is 10.7. The van der Waals surface area contributed by atoms with E-state index in [2.05, 4.69) is 25.1 Å². The number of alkyl halides is 6. The topological polar surface area (TPSA) is 111 Å². The van der Waals surface area contributed by atoms with Crippen LogP contribution in [0.2, 0.25) is 0 Å². The molecule has 0 saturated carbocycles.